The number of ether oxygens (including phenoxy) is 1. The first-order valence-corrected chi connectivity index (χ1v) is 5.42. The van der Waals surface area contributed by atoms with E-state index in [-0.39, 0.29) is 23.1 Å². The fourth-order valence-electron chi connectivity index (χ4n) is 1.52. The maximum atomic E-state index is 13.3. The molecule has 106 valence electrons. The molecule has 0 fully saturated rings. The van der Waals surface area contributed by atoms with Crippen LogP contribution in [0.5, 0.6) is 5.75 Å². The average molecular weight is 287 g/mol. The SMILES string of the molecule is Cc1nc(-c2ccc(OC(F)(F)F)cc2)nc(N)c1F. The highest BCUT2D eigenvalue weighted by molar-refractivity contribution is 5.58. The third-order valence-corrected chi connectivity index (χ3v) is 2.39. The van der Waals surface area contributed by atoms with Crippen LogP contribution in [0.2, 0.25) is 0 Å². The molecular formula is C12H9F4N3O. The molecule has 0 saturated heterocycles. The number of hydrogen-bond donors (Lipinski definition) is 1. The number of aromatic nitrogens is 2. The summed E-state index contributed by atoms with van der Waals surface area (Å²) in [4.78, 5) is 7.62. The quantitative estimate of drug-likeness (QED) is 0.862. The van der Waals surface area contributed by atoms with Crippen molar-refractivity contribution in [1.29, 1.82) is 0 Å². The highest BCUT2D eigenvalue weighted by Crippen LogP contribution is 2.26. The molecule has 0 radical (unpaired) electrons. The van der Waals surface area contributed by atoms with Crippen LogP contribution >= 0.6 is 0 Å². The summed E-state index contributed by atoms with van der Waals surface area (Å²) < 4.78 is 53.0. The van der Waals surface area contributed by atoms with E-state index in [1.165, 1.54) is 19.1 Å². The van der Waals surface area contributed by atoms with Crippen LogP contribution in [0, 0.1) is 12.7 Å². The summed E-state index contributed by atoms with van der Waals surface area (Å²) in [6.07, 6.45) is -4.76. The van der Waals surface area contributed by atoms with Crippen molar-refractivity contribution in [1.82, 2.24) is 9.97 Å². The first-order chi connectivity index (χ1) is 9.26. The second kappa shape index (κ2) is 4.95. The Kier molecular flexibility index (Phi) is 3.47. The van der Waals surface area contributed by atoms with Gasteiger partial charge in [0.05, 0.1) is 5.69 Å². The van der Waals surface area contributed by atoms with Gasteiger partial charge >= 0.3 is 6.36 Å². The second-order valence-corrected chi connectivity index (χ2v) is 3.90. The molecule has 4 nitrogen and oxygen atoms in total. The number of alkyl halides is 3. The number of nitrogens with zero attached hydrogens (tertiary/aromatic N) is 2. The van der Waals surface area contributed by atoms with Crippen molar-refractivity contribution >= 4 is 5.82 Å². The van der Waals surface area contributed by atoms with Crippen molar-refractivity contribution in [3.8, 4) is 17.1 Å². The largest absolute Gasteiger partial charge is 0.573 e. The van der Waals surface area contributed by atoms with Crippen LogP contribution in [0.4, 0.5) is 23.4 Å². The van der Waals surface area contributed by atoms with Gasteiger partial charge in [0.15, 0.2) is 17.5 Å². The minimum atomic E-state index is -4.76. The molecule has 0 aliphatic heterocycles. The van der Waals surface area contributed by atoms with E-state index >= 15 is 0 Å². The van der Waals surface area contributed by atoms with E-state index in [4.69, 9.17) is 5.73 Å². The van der Waals surface area contributed by atoms with Crippen LogP contribution < -0.4 is 10.5 Å². The second-order valence-electron chi connectivity index (χ2n) is 3.90. The Morgan fingerprint density at radius 3 is 2.20 bits per heavy atom. The van der Waals surface area contributed by atoms with Crippen molar-refractivity contribution in [2.45, 2.75) is 13.3 Å². The third-order valence-electron chi connectivity index (χ3n) is 2.39. The summed E-state index contributed by atoms with van der Waals surface area (Å²) >= 11 is 0. The molecule has 0 bridgehead atoms. The van der Waals surface area contributed by atoms with Crippen molar-refractivity contribution in [2.24, 2.45) is 0 Å². The Morgan fingerprint density at radius 2 is 1.70 bits per heavy atom. The summed E-state index contributed by atoms with van der Waals surface area (Å²) in [5, 5.41) is 0. The van der Waals surface area contributed by atoms with E-state index in [1.807, 2.05) is 0 Å². The zero-order valence-corrected chi connectivity index (χ0v) is 10.2. The van der Waals surface area contributed by atoms with Gasteiger partial charge in [-0.3, -0.25) is 0 Å². The van der Waals surface area contributed by atoms with Crippen LogP contribution in [0.25, 0.3) is 11.4 Å². The summed E-state index contributed by atoms with van der Waals surface area (Å²) in [6, 6.07) is 4.88. The van der Waals surface area contributed by atoms with E-state index in [1.54, 1.807) is 0 Å². The molecule has 0 atom stereocenters. The van der Waals surface area contributed by atoms with Gasteiger partial charge in [-0.2, -0.15) is 0 Å². The molecule has 0 spiro atoms. The van der Waals surface area contributed by atoms with Crippen LogP contribution in [-0.2, 0) is 0 Å². The summed E-state index contributed by atoms with van der Waals surface area (Å²) in [6.45, 7) is 1.41. The van der Waals surface area contributed by atoms with Crippen LogP contribution in [0.15, 0.2) is 24.3 Å². The van der Waals surface area contributed by atoms with Gasteiger partial charge in [-0.25, -0.2) is 14.4 Å². The molecule has 0 unspecified atom stereocenters. The molecule has 0 aliphatic rings. The fraction of sp³-hybridized carbons (Fsp3) is 0.167. The Labute approximate surface area is 111 Å². The van der Waals surface area contributed by atoms with Gasteiger partial charge in [0.1, 0.15) is 5.75 Å². The Hall–Kier alpha value is -2.38. The minimum absolute atomic E-state index is 0.0584. The standard InChI is InChI=1S/C12H9F4N3O/c1-6-9(13)10(17)19-11(18-6)7-2-4-8(5-3-7)20-12(14,15)16/h2-5H,1H3,(H2,17,18,19). The topological polar surface area (TPSA) is 61.0 Å². The molecule has 1 aromatic heterocycles. The average Bonchev–Trinajstić information content (AvgIpc) is 2.34. The first kappa shape index (κ1) is 14.0. The maximum Gasteiger partial charge on any atom is 0.573 e. The lowest BCUT2D eigenvalue weighted by Gasteiger charge is -2.09. The number of nitrogen functional groups attached to an aromatic ring is 1. The smallest absolute Gasteiger partial charge is 0.406 e. The fourth-order valence-corrected chi connectivity index (χ4v) is 1.52. The number of aryl methyl sites for hydroxylation is 1. The summed E-state index contributed by atoms with van der Waals surface area (Å²) in [7, 11) is 0. The highest BCUT2D eigenvalue weighted by Gasteiger charge is 2.31. The molecule has 1 heterocycles. The van der Waals surface area contributed by atoms with E-state index in [0.29, 0.717) is 5.56 Å². The number of anilines is 1. The van der Waals surface area contributed by atoms with Gasteiger partial charge < -0.3 is 10.5 Å². The van der Waals surface area contributed by atoms with E-state index in [9.17, 15) is 17.6 Å². The number of rotatable bonds is 2. The molecule has 2 rings (SSSR count). The van der Waals surface area contributed by atoms with E-state index in [0.717, 1.165) is 12.1 Å². The lowest BCUT2D eigenvalue weighted by atomic mass is 10.2. The van der Waals surface area contributed by atoms with Crippen LogP contribution in [-0.4, -0.2) is 16.3 Å². The highest BCUT2D eigenvalue weighted by atomic mass is 19.4. The Bertz CT molecular complexity index is 603. The van der Waals surface area contributed by atoms with Gasteiger partial charge in [0.2, 0.25) is 0 Å². The van der Waals surface area contributed by atoms with Crippen molar-refractivity contribution < 1.29 is 22.3 Å². The number of benzene rings is 1. The molecule has 20 heavy (non-hydrogen) atoms. The van der Waals surface area contributed by atoms with Crippen molar-refractivity contribution in [3.63, 3.8) is 0 Å². The van der Waals surface area contributed by atoms with Crippen molar-refractivity contribution in [2.75, 3.05) is 5.73 Å². The van der Waals surface area contributed by atoms with Gasteiger partial charge in [0.25, 0.3) is 0 Å². The number of halogens is 4. The van der Waals surface area contributed by atoms with Gasteiger partial charge in [0, 0.05) is 5.56 Å². The normalized spacial score (nSPS) is 11.4. The molecular weight excluding hydrogens is 278 g/mol. The Balaban J connectivity index is 2.31. The first-order valence-electron chi connectivity index (χ1n) is 5.42. The number of hydrogen-bond acceptors (Lipinski definition) is 4. The lowest BCUT2D eigenvalue weighted by Crippen LogP contribution is -2.16. The number of nitrogens with two attached hydrogens (primary N) is 1. The van der Waals surface area contributed by atoms with Gasteiger partial charge in [-0.1, -0.05) is 0 Å². The molecule has 0 saturated carbocycles. The molecule has 1 aromatic carbocycles. The summed E-state index contributed by atoms with van der Waals surface area (Å²) in [5.41, 5.74) is 5.83. The Morgan fingerprint density at radius 1 is 1.10 bits per heavy atom. The van der Waals surface area contributed by atoms with Gasteiger partial charge in [-0.15, -0.1) is 13.2 Å². The van der Waals surface area contributed by atoms with Crippen LogP contribution in [0.1, 0.15) is 5.69 Å². The third kappa shape index (κ3) is 3.14. The summed E-state index contributed by atoms with van der Waals surface area (Å²) in [5.74, 6) is -1.28. The zero-order chi connectivity index (χ0) is 14.9. The molecule has 8 heteroatoms. The lowest BCUT2D eigenvalue weighted by molar-refractivity contribution is -0.274. The van der Waals surface area contributed by atoms with Crippen molar-refractivity contribution in [3.05, 3.63) is 35.8 Å². The molecule has 0 aliphatic carbocycles. The maximum absolute atomic E-state index is 13.3. The monoisotopic (exact) mass is 287 g/mol. The molecule has 2 N–H and O–H groups in total. The minimum Gasteiger partial charge on any atom is -0.406 e. The van der Waals surface area contributed by atoms with E-state index in [2.05, 4.69) is 14.7 Å². The van der Waals surface area contributed by atoms with Gasteiger partial charge in [-0.05, 0) is 31.2 Å². The molecule has 0 amide bonds. The predicted molar refractivity (Wildman–Crippen MR) is 63.3 cm³/mol. The van der Waals surface area contributed by atoms with E-state index < -0.39 is 12.2 Å². The van der Waals surface area contributed by atoms with Crippen LogP contribution in [0.3, 0.4) is 0 Å². The molecule has 2 aromatic rings. The predicted octanol–water partition coefficient (Wildman–Crippen LogP) is 3.07. The zero-order valence-electron chi connectivity index (χ0n) is 10.2.